The van der Waals surface area contributed by atoms with Crippen molar-refractivity contribution in [3.63, 3.8) is 0 Å². The highest BCUT2D eigenvalue weighted by Gasteiger charge is 2.11. The molecule has 3 heteroatoms. The van der Waals surface area contributed by atoms with E-state index in [4.69, 9.17) is 4.74 Å². The van der Waals surface area contributed by atoms with Crippen LogP contribution in [0, 0.1) is 5.92 Å². The molecule has 0 heterocycles. The predicted octanol–water partition coefficient (Wildman–Crippen LogP) is 4.39. The van der Waals surface area contributed by atoms with Gasteiger partial charge >= 0.3 is 0 Å². The van der Waals surface area contributed by atoms with E-state index in [1.807, 2.05) is 17.8 Å². The molecule has 0 spiro atoms. The molecule has 0 fully saturated rings. The van der Waals surface area contributed by atoms with Crippen molar-refractivity contribution in [2.24, 2.45) is 5.92 Å². The van der Waals surface area contributed by atoms with Crippen molar-refractivity contribution in [3.8, 4) is 5.75 Å². The van der Waals surface area contributed by atoms with E-state index in [-0.39, 0.29) is 0 Å². The molecule has 0 radical (unpaired) electrons. The topological polar surface area (TPSA) is 21.3 Å². The molecule has 1 rings (SSSR count). The van der Waals surface area contributed by atoms with Gasteiger partial charge in [-0.1, -0.05) is 32.9 Å². The number of hydrogen-bond donors (Lipinski definition) is 1. The van der Waals surface area contributed by atoms with E-state index in [2.05, 4.69) is 44.3 Å². The summed E-state index contributed by atoms with van der Waals surface area (Å²) in [6, 6.07) is 9.05. The van der Waals surface area contributed by atoms with E-state index < -0.39 is 0 Å². The predicted molar refractivity (Wildman–Crippen MR) is 95.6 cm³/mol. The molecule has 1 aromatic carbocycles. The Morgan fingerprint density at radius 1 is 1.29 bits per heavy atom. The zero-order valence-corrected chi connectivity index (χ0v) is 14.8. The Hall–Kier alpha value is -0.670. The standard InChI is InChI=1S/C18H31NOS/c1-5-21-11-7-9-17(14-19-15(2)3)12-16-8-6-10-18(13-16)20-4/h6,8,10,13,15,17,19H,5,7,9,11-12,14H2,1-4H3. The molecule has 2 nitrogen and oxygen atoms in total. The van der Waals surface area contributed by atoms with Crippen LogP contribution in [0.5, 0.6) is 5.75 Å². The summed E-state index contributed by atoms with van der Waals surface area (Å²) < 4.78 is 5.33. The molecule has 0 amide bonds. The normalized spacial score (nSPS) is 12.6. The molecule has 1 aromatic rings. The largest absolute Gasteiger partial charge is 0.497 e. The Balaban J connectivity index is 2.52. The highest BCUT2D eigenvalue weighted by atomic mass is 32.2. The van der Waals surface area contributed by atoms with Crippen molar-refractivity contribution in [2.45, 2.75) is 46.1 Å². The Morgan fingerprint density at radius 2 is 2.10 bits per heavy atom. The van der Waals surface area contributed by atoms with Gasteiger partial charge in [-0.15, -0.1) is 0 Å². The van der Waals surface area contributed by atoms with Gasteiger partial charge in [-0.3, -0.25) is 0 Å². The number of rotatable bonds is 11. The van der Waals surface area contributed by atoms with Gasteiger partial charge in [-0.2, -0.15) is 11.8 Å². The van der Waals surface area contributed by atoms with Crippen LogP contribution >= 0.6 is 11.8 Å². The van der Waals surface area contributed by atoms with Crippen LogP contribution in [-0.4, -0.2) is 31.2 Å². The minimum Gasteiger partial charge on any atom is -0.497 e. The molecule has 0 saturated heterocycles. The average Bonchev–Trinajstić information content (AvgIpc) is 2.49. The van der Waals surface area contributed by atoms with Gasteiger partial charge in [0.25, 0.3) is 0 Å². The SMILES string of the molecule is CCSCCCC(CNC(C)C)Cc1cccc(OC)c1. The van der Waals surface area contributed by atoms with Crippen LogP contribution in [-0.2, 0) is 6.42 Å². The van der Waals surface area contributed by atoms with Crippen LogP contribution in [0.2, 0.25) is 0 Å². The fourth-order valence-electron chi connectivity index (χ4n) is 2.43. The molecular weight excluding hydrogens is 278 g/mol. The summed E-state index contributed by atoms with van der Waals surface area (Å²) in [4.78, 5) is 0. The van der Waals surface area contributed by atoms with Gasteiger partial charge in [0.15, 0.2) is 0 Å². The molecule has 1 atom stereocenters. The first-order valence-corrected chi connectivity index (χ1v) is 9.25. The fraction of sp³-hybridized carbons (Fsp3) is 0.667. The Kier molecular flexibility index (Phi) is 9.60. The van der Waals surface area contributed by atoms with Crippen LogP contribution in [0.3, 0.4) is 0 Å². The molecular formula is C18H31NOS. The van der Waals surface area contributed by atoms with Gasteiger partial charge in [-0.05, 0) is 60.9 Å². The molecule has 0 saturated carbocycles. The molecule has 0 aliphatic heterocycles. The number of ether oxygens (including phenoxy) is 1. The molecule has 0 aliphatic carbocycles. The lowest BCUT2D eigenvalue weighted by molar-refractivity contribution is 0.408. The Labute approximate surface area is 135 Å². The summed E-state index contributed by atoms with van der Waals surface area (Å²) in [5.41, 5.74) is 1.38. The summed E-state index contributed by atoms with van der Waals surface area (Å²) in [5, 5.41) is 3.60. The third-order valence-electron chi connectivity index (χ3n) is 3.58. The number of benzene rings is 1. The van der Waals surface area contributed by atoms with E-state index in [0.29, 0.717) is 12.0 Å². The van der Waals surface area contributed by atoms with E-state index in [1.165, 1.54) is 29.9 Å². The van der Waals surface area contributed by atoms with Crippen LogP contribution in [0.15, 0.2) is 24.3 Å². The van der Waals surface area contributed by atoms with Crippen molar-refractivity contribution in [1.82, 2.24) is 5.32 Å². The molecule has 0 bridgehead atoms. The summed E-state index contributed by atoms with van der Waals surface area (Å²) in [6.45, 7) is 7.77. The second kappa shape index (κ2) is 11.0. The van der Waals surface area contributed by atoms with Crippen LogP contribution in [0.25, 0.3) is 0 Å². The maximum Gasteiger partial charge on any atom is 0.119 e. The Morgan fingerprint density at radius 3 is 2.76 bits per heavy atom. The third-order valence-corrected chi connectivity index (χ3v) is 4.56. The van der Waals surface area contributed by atoms with E-state index >= 15 is 0 Å². The second-order valence-corrected chi connectivity index (χ2v) is 7.22. The first-order chi connectivity index (χ1) is 10.2. The van der Waals surface area contributed by atoms with E-state index in [1.54, 1.807) is 7.11 Å². The number of thioether (sulfide) groups is 1. The van der Waals surface area contributed by atoms with Crippen LogP contribution in [0.4, 0.5) is 0 Å². The molecule has 120 valence electrons. The summed E-state index contributed by atoms with van der Waals surface area (Å²) in [7, 11) is 1.74. The summed E-state index contributed by atoms with van der Waals surface area (Å²) >= 11 is 2.05. The minimum atomic E-state index is 0.558. The minimum absolute atomic E-state index is 0.558. The number of nitrogens with one attached hydrogen (secondary N) is 1. The van der Waals surface area contributed by atoms with Gasteiger partial charge in [0.2, 0.25) is 0 Å². The average molecular weight is 310 g/mol. The van der Waals surface area contributed by atoms with Crippen molar-refractivity contribution in [1.29, 1.82) is 0 Å². The van der Waals surface area contributed by atoms with Gasteiger partial charge in [0.05, 0.1) is 7.11 Å². The Bertz CT molecular complexity index is 381. The quantitative estimate of drug-likeness (QED) is 0.613. The third kappa shape index (κ3) is 8.37. The number of hydrogen-bond acceptors (Lipinski definition) is 3. The highest BCUT2D eigenvalue weighted by molar-refractivity contribution is 7.99. The van der Waals surface area contributed by atoms with Crippen LogP contribution in [0.1, 0.15) is 39.2 Å². The summed E-state index contributed by atoms with van der Waals surface area (Å²) in [6.07, 6.45) is 3.74. The summed E-state index contributed by atoms with van der Waals surface area (Å²) in [5.74, 6) is 4.18. The monoisotopic (exact) mass is 309 g/mol. The first kappa shape index (κ1) is 18.4. The lowest BCUT2D eigenvalue weighted by Crippen LogP contribution is -2.30. The van der Waals surface area contributed by atoms with Gasteiger partial charge < -0.3 is 10.1 Å². The smallest absolute Gasteiger partial charge is 0.119 e. The zero-order chi connectivity index (χ0) is 15.5. The van der Waals surface area contributed by atoms with E-state index in [0.717, 1.165) is 18.7 Å². The second-order valence-electron chi connectivity index (χ2n) is 5.82. The highest BCUT2D eigenvalue weighted by Crippen LogP contribution is 2.19. The van der Waals surface area contributed by atoms with Gasteiger partial charge in [0, 0.05) is 6.04 Å². The molecule has 0 aliphatic rings. The fourth-order valence-corrected chi connectivity index (χ4v) is 3.09. The molecule has 1 N–H and O–H groups in total. The lowest BCUT2D eigenvalue weighted by Gasteiger charge is -2.19. The lowest BCUT2D eigenvalue weighted by atomic mass is 9.94. The first-order valence-electron chi connectivity index (χ1n) is 8.09. The zero-order valence-electron chi connectivity index (χ0n) is 14.0. The van der Waals surface area contributed by atoms with E-state index in [9.17, 15) is 0 Å². The van der Waals surface area contributed by atoms with Crippen molar-refractivity contribution >= 4 is 11.8 Å². The number of methoxy groups -OCH3 is 1. The molecule has 21 heavy (non-hydrogen) atoms. The van der Waals surface area contributed by atoms with Crippen LogP contribution < -0.4 is 10.1 Å². The molecule has 1 unspecified atom stereocenters. The maximum atomic E-state index is 5.33. The van der Waals surface area contributed by atoms with Crippen molar-refractivity contribution in [2.75, 3.05) is 25.2 Å². The van der Waals surface area contributed by atoms with Crippen molar-refractivity contribution in [3.05, 3.63) is 29.8 Å². The molecule has 0 aromatic heterocycles. The maximum absolute atomic E-state index is 5.33. The van der Waals surface area contributed by atoms with Gasteiger partial charge in [-0.25, -0.2) is 0 Å². The van der Waals surface area contributed by atoms with Crippen molar-refractivity contribution < 1.29 is 4.74 Å². The van der Waals surface area contributed by atoms with Gasteiger partial charge in [0.1, 0.15) is 5.75 Å².